The Morgan fingerprint density at radius 2 is 2.04 bits per heavy atom. The molecule has 0 atom stereocenters. The van der Waals surface area contributed by atoms with E-state index in [-0.39, 0.29) is 5.91 Å². The van der Waals surface area contributed by atoms with Crippen molar-refractivity contribution in [2.75, 3.05) is 11.9 Å². The first kappa shape index (κ1) is 18.5. The van der Waals surface area contributed by atoms with Crippen molar-refractivity contribution < 1.29 is 14.3 Å². The summed E-state index contributed by atoms with van der Waals surface area (Å²) in [6.07, 6.45) is 0.904. The topological polar surface area (TPSA) is 81.4 Å². The fraction of sp³-hybridized carbons (Fsp3) is 0.294. The SMILES string of the molecule is CCCOc1ccc(C(=O)Nc2sc(C)c(C)c2C(N)=O)cc1Br. The Balaban J connectivity index is 2.23. The van der Waals surface area contributed by atoms with Gasteiger partial charge in [0.1, 0.15) is 10.8 Å². The molecule has 2 amide bonds. The lowest BCUT2D eigenvalue weighted by molar-refractivity contribution is 0.100. The summed E-state index contributed by atoms with van der Waals surface area (Å²) in [5.74, 6) is -0.160. The number of primary amides is 1. The first-order valence-electron chi connectivity index (χ1n) is 7.48. The zero-order chi connectivity index (χ0) is 17.9. The van der Waals surface area contributed by atoms with Crippen LogP contribution in [-0.4, -0.2) is 18.4 Å². The lowest BCUT2D eigenvalue weighted by Crippen LogP contribution is -2.17. The molecule has 0 radical (unpaired) electrons. The van der Waals surface area contributed by atoms with Crippen LogP contribution in [0.2, 0.25) is 0 Å². The Bertz CT molecular complexity index is 786. The first-order chi connectivity index (χ1) is 11.3. The van der Waals surface area contributed by atoms with Crippen molar-refractivity contribution in [3.8, 4) is 5.75 Å². The molecule has 5 nitrogen and oxygen atoms in total. The van der Waals surface area contributed by atoms with Gasteiger partial charge in [-0.05, 0) is 60.0 Å². The molecule has 24 heavy (non-hydrogen) atoms. The molecule has 1 aromatic heterocycles. The van der Waals surface area contributed by atoms with E-state index in [4.69, 9.17) is 10.5 Å². The quantitative estimate of drug-likeness (QED) is 0.745. The number of carbonyl (C=O) groups is 2. The summed E-state index contributed by atoms with van der Waals surface area (Å²) in [4.78, 5) is 25.0. The number of rotatable bonds is 6. The molecule has 0 aliphatic carbocycles. The highest BCUT2D eigenvalue weighted by molar-refractivity contribution is 9.10. The molecule has 1 aromatic carbocycles. The van der Waals surface area contributed by atoms with E-state index in [1.807, 2.05) is 20.8 Å². The van der Waals surface area contributed by atoms with Crippen LogP contribution in [0.1, 0.15) is 44.5 Å². The molecule has 7 heteroatoms. The molecule has 2 aromatic rings. The third-order valence-corrected chi connectivity index (χ3v) is 5.26. The molecule has 2 rings (SSSR count). The standard InChI is InChI=1S/C17H19BrN2O3S/c1-4-7-23-13-6-5-11(8-12(13)18)16(22)20-17-14(15(19)21)9(2)10(3)24-17/h5-6,8H,4,7H2,1-3H3,(H2,19,21)(H,20,22). The van der Waals surface area contributed by atoms with Crippen LogP contribution in [0.3, 0.4) is 0 Å². The van der Waals surface area contributed by atoms with Gasteiger partial charge in [-0.1, -0.05) is 6.92 Å². The van der Waals surface area contributed by atoms with Crippen LogP contribution < -0.4 is 15.8 Å². The number of benzene rings is 1. The number of nitrogens with two attached hydrogens (primary N) is 1. The predicted molar refractivity (Wildman–Crippen MR) is 100 cm³/mol. The van der Waals surface area contributed by atoms with Crippen molar-refractivity contribution in [3.63, 3.8) is 0 Å². The number of halogens is 1. The highest BCUT2D eigenvalue weighted by Crippen LogP contribution is 2.33. The van der Waals surface area contributed by atoms with Gasteiger partial charge in [-0.2, -0.15) is 0 Å². The fourth-order valence-electron chi connectivity index (χ4n) is 2.16. The summed E-state index contributed by atoms with van der Waals surface area (Å²) in [7, 11) is 0. The van der Waals surface area contributed by atoms with E-state index >= 15 is 0 Å². The summed E-state index contributed by atoms with van der Waals surface area (Å²) < 4.78 is 6.28. The summed E-state index contributed by atoms with van der Waals surface area (Å²) in [5.41, 5.74) is 7.06. The molecule has 1 heterocycles. The van der Waals surface area contributed by atoms with Crippen molar-refractivity contribution >= 4 is 44.1 Å². The van der Waals surface area contributed by atoms with Gasteiger partial charge in [0.05, 0.1) is 16.6 Å². The van der Waals surface area contributed by atoms with E-state index in [9.17, 15) is 9.59 Å². The Morgan fingerprint density at radius 1 is 1.33 bits per heavy atom. The Hall–Kier alpha value is -1.86. The number of carbonyl (C=O) groups excluding carboxylic acids is 2. The van der Waals surface area contributed by atoms with Crippen LogP contribution in [0.5, 0.6) is 5.75 Å². The van der Waals surface area contributed by atoms with Gasteiger partial charge in [0.25, 0.3) is 11.8 Å². The zero-order valence-electron chi connectivity index (χ0n) is 13.7. The molecule has 0 saturated carbocycles. The predicted octanol–water partition coefficient (Wildman–Crippen LogP) is 4.27. The van der Waals surface area contributed by atoms with E-state index in [1.165, 1.54) is 11.3 Å². The van der Waals surface area contributed by atoms with Crippen molar-refractivity contribution in [2.45, 2.75) is 27.2 Å². The van der Waals surface area contributed by atoms with Gasteiger partial charge in [0, 0.05) is 10.4 Å². The average molecular weight is 411 g/mol. The number of anilines is 1. The molecule has 128 valence electrons. The number of hydrogen-bond acceptors (Lipinski definition) is 4. The number of hydrogen-bond donors (Lipinski definition) is 2. The zero-order valence-corrected chi connectivity index (χ0v) is 16.1. The van der Waals surface area contributed by atoms with Gasteiger partial charge in [0.2, 0.25) is 0 Å². The molecule has 0 saturated heterocycles. The van der Waals surface area contributed by atoms with Crippen LogP contribution >= 0.6 is 27.3 Å². The van der Waals surface area contributed by atoms with Crippen LogP contribution in [0.25, 0.3) is 0 Å². The van der Waals surface area contributed by atoms with Crippen LogP contribution in [0, 0.1) is 13.8 Å². The van der Waals surface area contributed by atoms with Gasteiger partial charge in [-0.25, -0.2) is 0 Å². The minimum atomic E-state index is -0.545. The normalized spacial score (nSPS) is 10.5. The number of thiophene rings is 1. The van der Waals surface area contributed by atoms with Gasteiger partial charge < -0.3 is 15.8 Å². The van der Waals surface area contributed by atoms with Crippen LogP contribution in [0.15, 0.2) is 22.7 Å². The Morgan fingerprint density at radius 3 is 2.62 bits per heavy atom. The number of amides is 2. The molecule has 0 bridgehead atoms. The number of nitrogens with one attached hydrogen (secondary N) is 1. The number of aryl methyl sites for hydroxylation is 1. The third-order valence-electron chi connectivity index (χ3n) is 3.51. The monoisotopic (exact) mass is 410 g/mol. The third kappa shape index (κ3) is 3.96. The fourth-order valence-corrected chi connectivity index (χ4v) is 3.71. The largest absolute Gasteiger partial charge is 0.492 e. The van der Waals surface area contributed by atoms with E-state index < -0.39 is 5.91 Å². The van der Waals surface area contributed by atoms with E-state index in [2.05, 4.69) is 21.2 Å². The molecule has 3 N–H and O–H groups in total. The minimum absolute atomic E-state index is 0.304. The van der Waals surface area contributed by atoms with Gasteiger partial charge >= 0.3 is 0 Å². The first-order valence-corrected chi connectivity index (χ1v) is 9.09. The van der Waals surface area contributed by atoms with Crippen molar-refractivity contribution in [1.82, 2.24) is 0 Å². The molecule has 0 spiro atoms. The summed E-state index contributed by atoms with van der Waals surface area (Å²) in [6, 6.07) is 5.12. The highest BCUT2D eigenvalue weighted by Gasteiger charge is 2.19. The molecular formula is C17H19BrN2O3S. The summed E-state index contributed by atoms with van der Waals surface area (Å²) >= 11 is 4.75. The maximum atomic E-state index is 12.5. The molecular weight excluding hydrogens is 392 g/mol. The van der Waals surface area contributed by atoms with E-state index in [1.54, 1.807) is 18.2 Å². The highest BCUT2D eigenvalue weighted by atomic mass is 79.9. The lowest BCUT2D eigenvalue weighted by Gasteiger charge is -2.09. The Kier molecular flexibility index (Phi) is 6.01. The second-order valence-corrected chi connectivity index (χ2v) is 7.38. The second kappa shape index (κ2) is 7.81. The molecule has 0 unspecified atom stereocenters. The molecule has 0 aliphatic heterocycles. The summed E-state index contributed by atoms with van der Waals surface area (Å²) in [6.45, 7) is 6.34. The smallest absolute Gasteiger partial charge is 0.256 e. The van der Waals surface area contributed by atoms with E-state index in [0.717, 1.165) is 16.9 Å². The number of ether oxygens (including phenoxy) is 1. The second-order valence-electron chi connectivity index (χ2n) is 5.30. The van der Waals surface area contributed by atoms with Crippen LogP contribution in [-0.2, 0) is 0 Å². The van der Waals surface area contributed by atoms with Crippen molar-refractivity contribution in [1.29, 1.82) is 0 Å². The maximum Gasteiger partial charge on any atom is 0.256 e. The minimum Gasteiger partial charge on any atom is -0.492 e. The maximum absolute atomic E-state index is 12.5. The average Bonchev–Trinajstić information content (AvgIpc) is 2.80. The Labute approximate surface area is 153 Å². The summed E-state index contributed by atoms with van der Waals surface area (Å²) in [5, 5.41) is 3.25. The van der Waals surface area contributed by atoms with Gasteiger partial charge in [0.15, 0.2) is 0 Å². The van der Waals surface area contributed by atoms with E-state index in [0.29, 0.717) is 33.0 Å². The van der Waals surface area contributed by atoms with Gasteiger partial charge in [-0.15, -0.1) is 11.3 Å². The lowest BCUT2D eigenvalue weighted by atomic mass is 10.1. The van der Waals surface area contributed by atoms with Crippen molar-refractivity contribution in [2.24, 2.45) is 5.73 Å². The van der Waals surface area contributed by atoms with Crippen molar-refractivity contribution in [3.05, 3.63) is 44.2 Å². The van der Waals surface area contributed by atoms with Gasteiger partial charge in [-0.3, -0.25) is 9.59 Å². The van der Waals surface area contributed by atoms with Crippen LogP contribution in [0.4, 0.5) is 5.00 Å². The molecule has 0 fully saturated rings. The molecule has 0 aliphatic rings.